The number of rotatable bonds is 6. The number of carbonyl (C=O) groups is 1. The second-order valence-electron chi connectivity index (χ2n) is 7.12. The Balaban J connectivity index is 2.07. The molecule has 1 aliphatic rings. The summed E-state index contributed by atoms with van der Waals surface area (Å²) in [6, 6.07) is 11.1. The van der Waals surface area contributed by atoms with Crippen molar-refractivity contribution in [2.45, 2.75) is 0 Å². The number of carbonyl (C=O) groups excluding carboxylic acids is 1. The Hall–Kier alpha value is -4.17. The third-order valence-electron chi connectivity index (χ3n) is 5.05. The molecule has 3 aromatic carbocycles. The molecule has 0 radical (unpaired) electrons. The number of ether oxygens (including phenoxy) is 3. The van der Waals surface area contributed by atoms with Crippen molar-refractivity contribution in [3.05, 3.63) is 70.8 Å². The van der Waals surface area contributed by atoms with Crippen molar-refractivity contribution in [2.75, 3.05) is 21.0 Å². The van der Waals surface area contributed by atoms with E-state index in [0.717, 1.165) is 6.07 Å². The molecule has 8 nitrogen and oxygen atoms in total. The van der Waals surface area contributed by atoms with E-state index in [0.29, 0.717) is 16.7 Å². The number of hydrogen-bond acceptors (Lipinski definition) is 8. The van der Waals surface area contributed by atoms with Gasteiger partial charge in [-0.15, -0.1) is 0 Å². The number of phenols is 4. The van der Waals surface area contributed by atoms with Gasteiger partial charge in [-0.2, -0.15) is 0 Å². The summed E-state index contributed by atoms with van der Waals surface area (Å²) in [6.07, 6.45) is 0. The van der Waals surface area contributed by atoms with Gasteiger partial charge in [-0.25, -0.2) is 0 Å². The molecule has 0 aromatic heterocycles. The van der Waals surface area contributed by atoms with Crippen LogP contribution in [0.4, 0.5) is 0 Å². The lowest BCUT2D eigenvalue weighted by atomic mass is 9.93. The highest BCUT2D eigenvalue weighted by Crippen LogP contribution is 2.49. The van der Waals surface area contributed by atoms with Crippen LogP contribution in [0.3, 0.4) is 0 Å². The van der Waals surface area contributed by atoms with Crippen LogP contribution in [-0.4, -0.2) is 47.2 Å². The molecule has 1 aliphatic carbocycles. The zero-order chi connectivity index (χ0) is 23.0. The first-order chi connectivity index (χ1) is 15.3. The molecule has 0 heterocycles. The van der Waals surface area contributed by atoms with Crippen molar-refractivity contribution < 1.29 is 39.4 Å². The second kappa shape index (κ2) is 8.16. The monoisotopic (exact) mass is 436 g/mol. The number of allylic oxidation sites excluding steroid dienone is 1. The molecule has 0 aliphatic heterocycles. The molecule has 0 bridgehead atoms. The van der Waals surface area contributed by atoms with E-state index in [1.165, 1.54) is 44.6 Å². The van der Waals surface area contributed by atoms with Crippen molar-refractivity contribution in [1.29, 1.82) is 0 Å². The Bertz CT molecular complexity index is 1240. The molecule has 0 amide bonds. The fourth-order valence-electron chi connectivity index (χ4n) is 3.78. The van der Waals surface area contributed by atoms with Gasteiger partial charge in [-0.05, 0) is 41.5 Å². The fourth-order valence-corrected chi connectivity index (χ4v) is 3.78. The molecule has 0 fully saturated rings. The van der Waals surface area contributed by atoms with Gasteiger partial charge in [-0.3, -0.25) is 4.79 Å². The third kappa shape index (κ3) is 3.57. The maximum absolute atomic E-state index is 13.5. The first-order valence-electron chi connectivity index (χ1n) is 9.53. The van der Waals surface area contributed by atoms with E-state index < -0.39 is 5.78 Å². The standard InChI is InChI=1S/C24H20O8/c1-30-11-32-20-10-16(27)9-17-23(20)21(12-3-4-18(28)19(7-12)31-2)22(24(17)29)13-5-14(25)8-15(26)6-13/h3-10,25-28H,11H2,1-2H3. The number of methoxy groups -OCH3 is 2. The lowest BCUT2D eigenvalue weighted by molar-refractivity contribution is 0.0507. The van der Waals surface area contributed by atoms with Crippen LogP contribution in [0.15, 0.2) is 48.5 Å². The second-order valence-corrected chi connectivity index (χ2v) is 7.12. The molecule has 0 saturated heterocycles. The lowest BCUT2D eigenvalue weighted by Gasteiger charge is -2.15. The maximum atomic E-state index is 13.5. The Morgan fingerprint density at radius 2 is 1.44 bits per heavy atom. The summed E-state index contributed by atoms with van der Waals surface area (Å²) in [5.74, 6) is -0.755. The molecule has 4 N–H and O–H groups in total. The molecule has 3 aromatic rings. The van der Waals surface area contributed by atoms with Gasteiger partial charge in [0.25, 0.3) is 0 Å². The minimum absolute atomic E-state index is 0.0838. The van der Waals surface area contributed by atoms with Gasteiger partial charge in [0.2, 0.25) is 0 Å². The molecule has 8 heteroatoms. The number of Topliss-reactive ketones (excluding diaryl/α,β-unsaturated/α-hetero) is 1. The Labute approximate surface area is 183 Å². The van der Waals surface area contributed by atoms with E-state index in [-0.39, 0.29) is 58.0 Å². The predicted molar refractivity (Wildman–Crippen MR) is 115 cm³/mol. The number of benzene rings is 3. The van der Waals surface area contributed by atoms with Crippen LogP contribution in [0.5, 0.6) is 34.5 Å². The average molecular weight is 436 g/mol. The van der Waals surface area contributed by atoms with Crippen LogP contribution in [0.1, 0.15) is 27.0 Å². The normalized spacial score (nSPS) is 12.8. The van der Waals surface area contributed by atoms with E-state index in [1.54, 1.807) is 12.1 Å². The van der Waals surface area contributed by atoms with Crippen LogP contribution < -0.4 is 9.47 Å². The van der Waals surface area contributed by atoms with Crippen LogP contribution in [0.25, 0.3) is 11.1 Å². The lowest BCUT2D eigenvalue weighted by Crippen LogP contribution is -2.03. The summed E-state index contributed by atoms with van der Waals surface area (Å²) in [4.78, 5) is 13.5. The summed E-state index contributed by atoms with van der Waals surface area (Å²) in [5, 5.41) is 40.3. The van der Waals surface area contributed by atoms with Gasteiger partial charge in [0.15, 0.2) is 24.1 Å². The van der Waals surface area contributed by atoms with Gasteiger partial charge in [0.1, 0.15) is 23.0 Å². The highest BCUT2D eigenvalue weighted by molar-refractivity contribution is 6.42. The molecule has 0 saturated carbocycles. The van der Waals surface area contributed by atoms with Crippen molar-refractivity contribution >= 4 is 16.9 Å². The highest BCUT2D eigenvalue weighted by Gasteiger charge is 2.35. The van der Waals surface area contributed by atoms with Crippen LogP contribution in [0, 0.1) is 0 Å². The number of phenolic OH excluding ortho intramolecular Hbond substituents is 4. The van der Waals surface area contributed by atoms with Crippen molar-refractivity contribution in [3.8, 4) is 34.5 Å². The molecule has 0 atom stereocenters. The fraction of sp³-hybridized carbons (Fsp3) is 0.125. The molecule has 0 unspecified atom stereocenters. The van der Waals surface area contributed by atoms with Crippen LogP contribution >= 0.6 is 0 Å². The van der Waals surface area contributed by atoms with Gasteiger partial charge in [0, 0.05) is 41.5 Å². The van der Waals surface area contributed by atoms with Crippen molar-refractivity contribution in [2.24, 2.45) is 0 Å². The summed E-state index contributed by atoms with van der Waals surface area (Å²) >= 11 is 0. The highest BCUT2D eigenvalue weighted by atomic mass is 16.7. The van der Waals surface area contributed by atoms with Gasteiger partial charge in [-0.1, -0.05) is 6.07 Å². The van der Waals surface area contributed by atoms with Gasteiger partial charge >= 0.3 is 0 Å². The van der Waals surface area contributed by atoms with E-state index in [1.807, 2.05) is 0 Å². The largest absolute Gasteiger partial charge is 0.508 e. The number of hydrogen-bond donors (Lipinski definition) is 4. The number of ketones is 1. The quantitative estimate of drug-likeness (QED) is 0.432. The Morgan fingerprint density at radius 1 is 0.750 bits per heavy atom. The minimum Gasteiger partial charge on any atom is -0.508 e. The van der Waals surface area contributed by atoms with E-state index in [4.69, 9.17) is 14.2 Å². The zero-order valence-electron chi connectivity index (χ0n) is 17.2. The SMILES string of the molecule is COCOc1cc(O)cc2c1C(c1ccc(O)c(OC)c1)=C(c1cc(O)cc(O)c1)C2=O. The first-order valence-corrected chi connectivity index (χ1v) is 9.53. The summed E-state index contributed by atoms with van der Waals surface area (Å²) in [5.41, 5.74) is 1.94. The van der Waals surface area contributed by atoms with E-state index >= 15 is 0 Å². The Morgan fingerprint density at radius 3 is 2.09 bits per heavy atom. The maximum Gasteiger partial charge on any atom is 0.195 e. The smallest absolute Gasteiger partial charge is 0.195 e. The third-order valence-corrected chi connectivity index (χ3v) is 5.05. The first kappa shape index (κ1) is 21.1. The van der Waals surface area contributed by atoms with Crippen molar-refractivity contribution in [1.82, 2.24) is 0 Å². The Kier molecular flexibility index (Phi) is 5.38. The van der Waals surface area contributed by atoms with E-state index in [9.17, 15) is 25.2 Å². The molecular formula is C24H20O8. The minimum atomic E-state index is -0.440. The van der Waals surface area contributed by atoms with Crippen LogP contribution in [-0.2, 0) is 4.74 Å². The predicted octanol–water partition coefficient (Wildman–Crippen LogP) is 3.66. The molecular weight excluding hydrogens is 416 g/mol. The number of fused-ring (bicyclic) bond motifs is 1. The molecule has 32 heavy (non-hydrogen) atoms. The van der Waals surface area contributed by atoms with Crippen LogP contribution in [0.2, 0.25) is 0 Å². The molecule has 164 valence electrons. The van der Waals surface area contributed by atoms with Crippen molar-refractivity contribution in [3.63, 3.8) is 0 Å². The summed E-state index contributed by atoms with van der Waals surface area (Å²) in [6.45, 7) is -0.126. The summed E-state index contributed by atoms with van der Waals surface area (Å²) < 4.78 is 15.9. The summed E-state index contributed by atoms with van der Waals surface area (Å²) in [7, 11) is 2.84. The average Bonchev–Trinajstić information content (AvgIpc) is 3.04. The molecule has 0 spiro atoms. The van der Waals surface area contributed by atoms with Gasteiger partial charge < -0.3 is 34.6 Å². The molecule has 4 rings (SSSR count). The van der Waals surface area contributed by atoms with E-state index in [2.05, 4.69) is 0 Å². The zero-order valence-corrected chi connectivity index (χ0v) is 17.2. The number of aromatic hydroxyl groups is 4. The van der Waals surface area contributed by atoms with Gasteiger partial charge in [0.05, 0.1) is 7.11 Å². The topological polar surface area (TPSA) is 126 Å².